The van der Waals surface area contributed by atoms with E-state index in [1.165, 1.54) is 11.3 Å². The lowest BCUT2D eigenvalue weighted by atomic mass is 10.1. The Bertz CT molecular complexity index is 1280. The molecule has 0 aliphatic carbocycles. The average Bonchev–Trinajstić information content (AvgIpc) is 3.17. The van der Waals surface area contributed by atoms with Gasteiger partial charge in [-0.05, 0) is 71.7 Å². The van der Waals surface area contributed by atoms with Crippen LogP contribution in [0.15, 0.2) is 36.4 Å². The number of hydrogen-bond acceptors (Lipinski definition) is 6. The topological polar surface area (TPSA) is 65.5 Å². The third-order valence-corrected chi connectivity index (χ3v) is 7.55. The number of esters is 1. The van der Waals surface area contributed by atoms with E-state index in [9.17, 15) is 9.59 Å². The van der Waals surface area contributed by atoms with E-state index in [1.807, 2.05) is 19.1 Å². The van der Waals surface area contributed by atoms with Gasteiger partial charge in [0, 0.05) is 17.0 Å². The number of hydrogen-bond donors (Lipinski definition) is 0. The fourth-order valence-corrected chi connectivity index (χ4v) is 4.93. The number of rotatable bonds is 8. The Morgan fingerprint density at radius 2 is 1.58 bits per heavy atom. The molecule has 0 fully saturated rings. The standard InChI is InChI=1S/C27H28Cl3NO4S/c1-15-23(36-24(31-15)17-7-11-18(28)12-8-17)19(32)13-9-16-10-14-20(22(30)21(16)29)34-27(5,6)25(33)35-26(2,3)4/h7-8,10-12,14H,9,13H2,1-6H3. The molecule has 2 aromatic carbocycles. The largest absolute Gasteiger partial charge is 0.475 e. The second kappa shape index (κ2) is 11.1. The van der Waals surface area contributed by atoms with Crippen molar-refractivity contribution in [2.75, 3.05) is 0 Å². The third-order valence-electron chi connectivity index (χ3n) is 5.14. The molecule has 0 atom stereocenters. The van der Waals surface area contributed by atoms with Crippen molar-refractivity contribution in [3.8, 4) is 16.3 Å². The van der Waals surface area contributed by atoms with Crippen LogP contribution < -0.4 is 4.74 Å². The normalized spacial score (nSPS) is 11.9. The van der Waals surface area contributed by atoms with Crippen molar-refractivity contribution >= 4 is 57.9 Å². The minimum atomic E-state index is -1.27. The van der Waals surface area contributed by atoms with Crippen LogP contribution in [-0.2, 0) is 16.0 Å². The molecule has 0 radical (unpaired) electrons. The van der Waals surface area contributed by atoms with Crippen molar-refractivity contribution < 1.29 is 19.1 Å². The lowest BCUT2D eigenvalue weighted by molar-refractivity contribution is -0.170. The average molecular weight is 569 g/mol. The zero-order chi connectivity index (χ0) is 26.8. The van der Waals surface area contributed by atoms with Crippen LogP contribution in [0, 0.1) is 6.92 Å². The van der Waals surface area contributed by atoms with E-state index in [4.69, 9.17) is 44.3 Å². The molecule has 0 amide bonds. The fraction of sp³-hybridized carbons (Fsp3) is 0.370. The molecule has 9 heteroatoms. The number of Topliss-reactive ketones (excluding diaryl/α,β-unsaturated/α-hetero) is 1. The minimum absolute atomic E-state index is 0.0243. The van der Waals surface area contributed by atoms with Crippen LogP contribution in [0.3, 0.4) is 0 Å². The van der Waals surface area contributed by atoms with E-state index >= 15 is 0 Å². The van der Waals surface area contributed by atoms with Gasteiger partial charge in [-0.15, -0.1) is 11.3 Å². The van der Waals surface area contributed by atoms with E-state index in [1.54, 1.807) is 58.9 Å². The Hall–Kier alpha value is -2.12. The molecule has 0 N–H and O–H groups in total. The van der Waals surface area contributed by atoms with Gasteiger partial charge < -0.3 is 9.47 Å². The lowest BCUT2D eigenvalue weighted by Crippen LogP contribution is -2.43. The molecule has 192 valence electrons. The lowest BCUT2D eigenvalue weighted by Gasteiger charge is -2.29. The molecule has 0 aliphatic heterocycles. The summed E-state index contributed by atoms with van der Waals surface area (Å²) in [7, 11) is 0. The Labute approximate surface area is 230 Å². The first-order valence-electron chi connectivity index (χ1n) is 11.3. The van der Waals surface area contributed by atoms with Crippen LogP contribution in [0.25, 0.3) is 10.6 Å². The maximum atomic E-state index is 13.0. The van der Waals surface area contributed by atoms with Gasteiger partial charge >= 0.3 is 5.97 Å². The van der Waals surface area contributed by atoms with Crippen LogP contribution in [0.4, 0.5) is 0 Å². The second-order valence-corrected chi connectivity index (χ2v) is 12.0. The molecule has 0 spiro atoms. The maximum absolute atomic E-state index is 13.0. The molecule has 5 nitrogen and oxygen atoms in total. The molecule has 0 saturated carbocycles. The number of ketones is 1. The van der Waals surface area contributed by atoms with Crippen molar-refractivity contribution in [2.45, 2.75) is 65.6 Å². The van der Waals surface area contributed by atoms with Gasteiger partial charge in [-0.25, -0.2) is 9.78 Å². The van der Waals surface area contributed by atoms with Crippen molar-refractivity contribution in [3.63, 3.8) is 0 Å². The molecule has 36 heavy (non-hydrogen) atoms. The van der Waals surface area contributed by atoms with Gasteiger partial charge in [0.15, 0.2) is 11.4 Å². The first kappa shape index (κ1) is 28.5. The molecule has 0 aliphatic rings. The smallest absolute Gasteiger partial charge is 0.350 e. The van der Waals surface area contributed by atoms with Crippen LogP contribution in [0.1, 0.15) is 62.0 Å². The highest BCUT2D eigenvalue weighted by Crippen LogP contribution is 2.38. The zero-order valence-electron chi connectivity index (χ0n) is 21.0. The number of aryl methyl sites for hydroxylation is 2. The van der Waals surface area contributed by atoms with E-state index in [2.05, 4.69) is 4.98 Å². The number of halogens is 3. The molecule has 0 bridgehead atoms. The van der Waals surface area contributed by atoms with E-state index in [0.29, 0.717) is 27.6 Å². The molecule has 0 unspecified atom stereocenters. The molecular formula is C27H28Cl3NO4S. The summed E-state index contributed by atoms with van der Waals surface area (Å²) in [5, 5.41) is 1.87. The Balaban J connectivity index is 1.70. The number of aromatic nitrogens is 1. The highest BCUT2D eigenvalue weighted by molar-refractivity contribution is 7.17. The van der Waals surface area contributed by atoms with Crippen molar-refractivity contribution in [2.24, 2.45) is 0 Å². The number of thiazole rings is 1. The second-order valence-electron chi connectivity index (χ2n) is 9.83. The van der Waals surface area contributed by atoms with Gasteiger partial charge in [-0.3, -0.25) is 4.79 Å². The van der Waals surface area contributed by atoms with Crippen LogP contribution >= 0.6 is 46.1 Å². The molecular weight excluding hydrogens is 541 g/mol. The van der Waals surface area contributed by atoms with Crippen molar-refractivity contribution in [1.29, 1.82) is 0 Å². The van der Waals surface area contributed by atoms with E-state index in [0.717, 1.165) is 10.6 Å². The third kappa shape index (κ3) is 7.00. The number of carbonyl (C=O) groups is 2. The van der Waals surface area contributed by atoms with Gasteiger partial charge in [0.1, 0.15) is 21.4 Å². The minimum Gasteiger partial charge on any atom is -0.475 e. The Morgan fingerprint density at radius 3 is 2.19 bits per heavy atom. The Morgan fingerprint density at radius 1 is 0.944 bits per heavy atom. The number of nitrogens with zero attached hydrogens (tertiary/aromatic N) is 1. The first-order valence-corrected chi connectivity index (χ1v) is 13.3. The molecule has 1 heterocycles. The van der Waals surface area contributed by atoms with Gasteiger partial charge in [-0.2, -0.15) is 0 Å². The van der Waals surface area contributed by atoms with Crippen LogP contribution in [0.2, 0.25) is 15.1 Å². The number of ether oxygens (including phenoxy) is 2. The summed E-state index contributed by atoms with van der Waals surface area (Å²) < 4.78 is 11.3. The fourth-order valence-electron chi connectivity index (χ4n) is 3.29. The summed E-state index contributed by atoms with van der Waals surface area (Å²) in [5.41, 5.74) is 0.376. The van der Waals surface area contributed by atoms with E-state index < -0.39 is 17.2 Å². The summed E-state index contributed by atoms with van der Waals surface area (Å²) in [6.07, 6.45) is 0.628. The molecule has 3 rings (SSSR count). The van der Waals surface area contributed by atoms with Crippen molar-refractivity contribution in [1.82, 2.24) is 4.98 Å². The highest BCUT2D eigenvalue weighted by atomic mass is 35.5. The van der Waals surface area contributed by atoms with Gasteiger partial charge in [0.05, 0.1) is 15.6 Å². The highest BCUT2D eigenvalue weighted by Gasteiger charge is 2.35. The summed E-state index contributed by atoms with van der Waals surface area (Å²) in [6, 6.07) is 10.7. The summed E-state index contributed by atoms with van der Waals surface area (Å²) in [4.78, 5) is 30.7. The summed E-state index contributed by atoms with van der Waals surface area (Å²) >= 11 is 20.3. The van der Waals surface area contributed by atoms with Gasteiger partial charge in [0.2, 0.25) is 0 Å². The predicted octanol–water partition coefficient (Wildman–Crippen LogP) is 8.39. The zero-order valence-corrected chi connectivity index (χ0v) is 24.1. The quantitative estimate of drug-likeness (QED) is 0.202. The van der Waals surface area contributed by atoms with Gasteiger partial charge in [0.25, 0.3) is 0 Å². The summed E-state index contributed by atoms with van der Waals surface area (Å²) in [5.74, 6) is -0.281. The molecule has 1 aromatic heterocycles. The molecule has 0 saturated heterocycles. The molecule has 3 aromatic rings. The summed E-state index contributed by atoms with van der Waals surface area (Å²) in [6.45, 7) is 10.4. The number of benzene rings is 2. The van der Waals surface area contributed by atoms with Crippen LogP contribution in [0.5, 0.6) is 5.75 Å². The SMILES string of the molecule is Cc1nc(-c2ccc(Cl)cc2)sc1C(=O)CCc1ccc(OC(C)(C)C(=O)OC(C)(C)C)c(Cl)c1Cl. The van der Waals surface area contributed by atoms with Crippen LogP contribution in [-0.4, -0.2) is 27.9 Å². The predicted molar refractivity (Wildman–Crippen MR) is 147 cm³/mol. The first-order chi connectivity index (χ1) is 16.7. The van der Waals surface area contributed by atoms with Crippen molar-refractivity contribution in [3.05, 3.63) is 67.6 Å². The number of carbonyl (C=O) groups excluding carboxylic acids is 2. The maximum Gasteiger partial charge on any atom is 0.350 e. The van der Waals surface area contributed by atoms with E-state index in [-0.39, 0.29) is 28.0 Å². The monoisotopic (exact) mass is 567 g/mol. The van der Waals surface area contributed by atoms with Gasteiger partial charge in [-0.1, -0.05) is 53.0 Å². The Kier molecular flexibility index (Phi) is 8.77.